The van der Waals surface area contributed by atoms with Gasteiger partial charge in [-0.1, -0.05) is 0 Å². The standard InChI is InChI=1S/C13H16N4.2ClH/c1-9-12(8-17(2)16-9)10-5-11-6-14-4-3-13(11)15-7-10;;/h5,7-8,14H,3-4,6H2,1-2H3;2*1H. The summed E-state index contributed by atoms with van der Waals surface area (Å²) in [5, 5.41) is 7.75. The molecule has 1 aliphatic heterocycles. The zero-order chi connectivity index (χ0) is 11.8. The van der Waals surface area contributed by atoms with E-state index in [1.807, 2.05) is 24.9 Å². The number of rotatable bonds is 1. The maximum absolute atomic E-state index is 4.57. The Labute approximate surface area is 125 Å². The first-order valence-corrected chi connectivity index (χ1v) is 5.93. The summed E-state index contributed by atoms with van der Waals surface area (Å²) in [5.41, 5.74) is 5.94. The summed E-state index contributed by atoms with van der Waals surface area (Å²) < 4.78 is 1.85. The van der Waals surface area contributed by atoms with E-state index >= 15 is 0 Å². The van der Waals surface area contributed by atoms with Crippen LogP contribution in [0.2, 0.25) is 0 Å². The van der Waals surface area contributed by atoms with E-state index in [4.69, 9.17) is 0 Å². The molecule has 1 N–H and O–H groups in total. The lowest BCUT2D eigenvalue weighted by molar-refractivity contribution is 0.630. The lowest BCUT2D eigenvalue weighted by atomic mass is 10.0. The first-order chi connectivity index (χ1) is 8.24. The van der Waals surface area contributed by atoms with Gasteiger partial charge in [0.2, 0.25) is 0 Å². The number of halogens is 2. The molecular formula is C13H18Cl2N4. The molecule has 0 fully saturated rings. The molecule has 104 valence electrons. The minimum Gasteiger partial charge on any atom is -0.312 e. The van der Waals surface area contributed by atoms with Gasteiger partial charge in [-0.15, -0.1) is 24.8 Å². The van der Waals surface area contributed by atoms with Crippen LogP contribution in [0.3, 0.4) is 0 Å². The van der Waals surface area contributed by atoms with Crippen LogP contribution in [0.15, 0.2) is 18.5 Å². The molecule has 0 spiro atoms. The molecule has 3 heterocycles. The summed E-state index contributed by atoms with van der Waals surface area (Å²) in [6.07, 6.45) is 5.05. The zero-order valence-electron chi connectivity index (χ0n) is 11.0. The summed E-state index contributed by atoms with van der Waals surface area (Å²) in [6, 6.07) is 2.23. The molecule has 2 aromatic heterocycles. The zero-order valence-corrected chi connectivity index (χ0v) is 12.6. The molecule has 0 saturated carbocycles. The third-order valence-electron chi connectivity index (χ3n) is 3.24. The third kappa shape index (κ3) is 3.08. The van der Waals surface area contributed by atoms with Gasteiger partial charge in [0, 0.05) is 55.8 Å². The fraction of sp³-hybridized carbons (Fsp3) is 0.385. The molecule has 0 radical (unpaired) electrons. The molecule has 0 aliphatic carbocycles. The number of hydrogen-bond acceptors (Lipinski definition) is 3. The number of aromatic nitrogens is 3. The third-order valence-corrected chi connectivity index (χ3v) is 3.24. The average molecular weight is 301 g/mol. The second-order valence-electron chi connectivity index (χ2n) is 4.56. The fourth-order valence-electron chi connectivity index (χ4n) is 2.38. The number of aryl methyl sites for hydroxylation is 2. The Morgan fingerprint density at radius 3 is 2.79 bits per heavy atom. The van der Waals surface area contributed by atoms with E-state index in [2.05, 4.69) is 27.7 Å². The highest BCUT2D eigenvalue weighted by atomic mass is 35.5. The number of hydrogen-bond donors (Lipinski definition) is 1. The Balaban J connectivity index is 0.000000902. The Hall–Kier alpha value is -1.10. The molecule has 3 rings (SSSR count). The molecule has 6 heteroatoms. The first-order valence-electron chi connectivity index (χ1n) is 5.93. The quantitative estimate of drug-likeness (QED) is 0.879. The second kappa shape index (κ2) is 6.37. The lowest BCUT2D eigenvalue weighted by Crippen LogP contribution is -2.24. The van der Waals surface area contributed by atoms with Crippen molar-refractivity contribution in [1.82, 2.24) is 20.1 Å². The summed E-state index contributed by atoms with van der Waals surface area (Å²) in [4.78, 5) is 4.57. The van der Waals surface area contributed by atoms with Gasteiger partial charge in [-0.3, -0.25) is 9.67 Å². The Morgan fingerprint density at radius 2 is 2.11 bits per heavy atom. The highest BCUT2D eigenvalue weighted by Gasteiger charge is 2.13. The van der Waals surface area contributed by atoms with Gasteiger partial charge in [-0.25, -0.2) is 0 Å². The van der Waals surface area contributed by atoms with Crippen molar-refractivity contribution in [2.24, 2.45) is 7.05 Å². The van der Waals surface area contributed by atoms with Crippen molar-refractivity contribution < 1.29 is 0 Å². The first kappa shape index (κ1) is 16.0. The van der Waals surface area contributed by atoms with Gasteiger partial charge in [-0.2, -0.15) is 5.10 Å². The van der Waals surface area contributed by atoms with Crippen molar-refractivity contribution in [1.29, 1.82) is 0 Å². The molecule has 0 unspecified atom stereocenters. The summed E-state index contributed by atoms with van der Waals surface area (Å²) in [6.45, 7) is 3.99. The van der Waals surface area contributed by atoms with Crippen molar-refractivity contribution >= 4 is 24.8 Å². The van der Waals surface area contributed by atoms with E-state index in [0.29, 0.717) is 0 Å². The molecule has 0 atom stereocenters. The van der Waals surface area contributed by atoms with Crippen molar-refractivity contribution in [3.05, 3.63) is 35.4 Å². The molecule has 0 amide bonds. The van der Waals surface area contributed by atoms with Gasteiger partial charge in [0.25, 0.3) is 0 Å². The van der Waals surface area contributed by atoms with E-state index in [-0.39, 0.29) is 24.8 Å². The Morgan fingerprint density at radius 1 is 1.32 bits per heavy atom. The number of nitrogens with one attached hydrogen (secondary N) is 1. The van der Waals surface area contributed by atoms with Crippen LogP contribution in [0.25, 0.3) is 11.1 Å². The van der Waals surface area contributed by atoms with Gasteiger partial charge in [0.1, 0.15) is 0 Å². The number of fused-ring (bicyclic) bond motifs is 1. The van der Waals surface area contributed by atoms with E-state index < -0.39 is 0 Å². The SMILES string of the molecule is Cc1nn(C)cc1-c1cnc2c(c1)CNCC2.Cl.Cl. The van der Waals surface area contributed by atoms with Crippen LogP contribution in [0, 0.1) is 6.92 Å². The minimum absolute atomic E-state index is 0. The van der Waals surface area contributed by atoms with Crippen LogP contribution < -0.4 is 5.32 Å². The molecule has 4 nitrogen and oxygen atoms in total. The topological polar surface area (TPSA) is 42.7 Å². The Bertz CT molecular complexity index is 566. The van der Waals surface area contributed by atoms with Crippen molar-refractivity contribution in [2.45, 2.75) is 19.9 Å². The van der Waals surface area contributed by atoms with Crippen LogP contribution in [0.4, 0.5) is 0 Å². The number of pyridine rings is 1. The van der Waals surface area contributed by atoms with E-state index in [0.717, 1.165) is 30.8 Å². The van der Waals surface area contributed by atoms with Crippen LogP contribution in [0.5, 0.6) is 0 Å². The molecular weight excluding hydrogens is 283 g/mol. The average Bonchev–Trinajstić information content (AvgIpc) is 2.68. The molecule has 19 heavy (non-hydrogen) atoms. The molecule has 0 saturated heterocycles. The maximum atomic E-state index is 4.57. The molecule has 0 bridgehead atoms. The predicted octanol–water partition coefficient (Wildman–Crippen LogP) is 2.28. The largest absolute Gasteiger partial charge is 0.312 e. The van der Waals surface area contributed by atoms with Gasteiger partial charge in [0.05, 0.1) is 5.69 Å². The number of nitrogens with zero attached hydrogens (tertiary/aromatic N) is 3. The smallest absolute Gasteiger partial charge is 0.0672 e. The van der Waals surface area contributed by atoms with Crippen LogP contribution >= 0.6 is 24.8 Å². The lowest BCUT2D eigenvalue weighted by Gasteiger charge is -2.16. The van der Waals surface area contributed by atoms with Gasteiger partial charge in [0.15, 0.2) is 0 Å². The molecule has 2 aromatic rings. The highest BCUT2D eigenvalue weighted by Crippen LogP contribution is 2.24. The van der Waals surface area contributed by atoms with Crippen molar-refractivity contribution in [2.75, 3.05) is 6.54 Å². The van der Waals surface area contributed by atoms with Gasteiger partial charge in [-0.05, 0) is 18.6 Å². The van der Waals surface area contributed by atoms with Gasteiger partial charge < -0.3 is 5.32 Å². The second-order valence-corrected chi connectivity index (χ2v) is 4.56. The summed E-state index contributed by atoms with van der Waals surface area (Å²) >= 11 is 0. The van der Waals surface area contributed by atoms with E-state index in [1.54, 1.807) is 0 Å². The summed E-state index contributed by atoms with van der Waals surface area (Å²) in [7, 11) is 1.95. The highest BCUT2D eigenvalue weighted by molar-refractivity contribution is 5.85. The van der Waals surface area contributed by atoms with E-state index in [9.17, 15) is 0 Å². The monoisotopic (exact) mass is 300 g/mol. The predicted molar refractivity (Wildman–Crippen MR) is 81.1 cm³/mol. The maximum Gasteiger partial charge on any atom is 0.0672 e. The van der Waals surface area contributed by atoms with E-state index in [1.165, 1.54) is 16.8 Å². The van der Waals surface area contributed by atoms with Crippen LogP contribution in [0.1, 0.15) is 17.0 Å². The van der Waals surface area contributed by atoms with Crippen molar-refractivity contribution in [3.8, 4) is 11.1 Å². The van der Waals surface area contributed by atoms with Crippen molar-refractivity contribution in [3.63, 3.8) is 0 Å². The minimum atomic E-state index is 0. The van der Waals surface area contributed by atoms with Gasteiger partial charge >= 0.3 is 0 Å². The molecule has 1 aliphatic rings. The molecule has 0 aromatic carbocycles. The summed E-state index contributed by atoms with van der Waals surface area (Å²) in [5.74, 6) is 0. The fourth-order valence-corrected chi connectivity index (χ4v) is 2.38. The van der Waals surface area contributed by atoms with Crippen LogP contribution in [-0.4, -0.2) is 21.3 Å². The Kier molecular flexibility index (Phi) is 5.35. The normalized spacial score (nSPS) is 13.2. The van der Waals surface area contributed by atoms with Crippen LogP contribution in [-0.2, 0) is 20.0 Å².